The summed E-state index contributed by atoms with van der Waals surface area (Å²) < 4.78 is 5.37. The van der Waals surface area contributed by atoms with E-state index in [1.54, 1.807) is 43.3 Å². The maximum absolute atomic E-state index is 12.5. The molecule has 26 heavy (non-hydrogen) atoms. The molecule has 138 valence electrons. The molecule has 3 amide bonds. The van der Waals surface area contributed by atoms with Crippen molar-refractivity contribution in [2.24, 2.45) is 0 Å². The number of amides is 3. The second-order valence-corrected chi connectivity index (χ2v) is 5.90. The molecular formula is C20H25N3O3. The van der Waals surface area contributed by atoms with Crippen LogP contribution < -0.4 is 15.4 Å². The molecule has 0 aliphatic rings. The van der Waals surface area contributed by atoms with Gasteiger partial charge in [0.1, 0.15) is 5.75 Å². The molecule has 2 N–H and O–H groups in total. The molecule has 0 fully saturated rings. The molecule has 0 aromatic heterocycles. The summed E-state index contributed by atoms with van der Waals surface area (Å²) in [6.07, 6.45) is 0. The zero-order valence-electron chi connectivity index (χ0n) is 15.6. The first-order valence-corrected chi connectivity index (χ1v) is 8.53. The highest BCUT2D eigenvalue weighted by molar-refractivity contribution is 5.95. The van der Waals surface area contributed by atoms with Gasteiger partial charge in [0.2, 0.25) is 0 Å². The Morgan fingerprint density at radius 1 is 1.12 bits per heavy atom. The van der Waals surface area contributed by atoms with Gasteiger partial charge in [-0.05, 0) is 44.2 Å². The van der Waals surface area contributed by atoms with Crippen LogP contribution >= 0.6 is 0 Å². The molecule has 2 aromatic carbocycles. The zero-order chi connectivity index (χ0) is 19.1. The minimum Gasteiger partial charge on any atom is -0.496 e. The quantitative estimate of drug-likeness (QED) is 0.830. The van der Waals surface area contributed by atoms with E-state index in [-0.39, 0.29) is 18.0 Å². The van der Waals surface area contributed by atoms with Crippen molar-refractivity contribution in [3.8, 4) is 5.75 Å². The van der Waals surface area contributed by atoms with Crippen LogP contribution in [0.1, 0.15) is 35.8 Å². The summed E-state index contributed by atoms with van der Waals surface area (Å²) in [5, 5.41) is 5.58. The number of methoxy groups -OCH3 is 1. The predicted octanol–water partition coefficient (Wildman–Crippen LogP) is 3.67. The van der Waals surface area contributed by atoms with Crippen molar-refractivity contribution in [1.29, 1.82) is 0 Å². The number of carbonyl (C=O) groups excluding carboxylic acids is 2. The molecule has 0 spiro atoms. The van der Waals surface area contributed by atoms with Gasteiger partial charge in [0.15, 0.2) is 0 Å². The number of para-hydroxylation sites is 1. The lowest BCUT2D eigenvalue weighted by Gasteiger charge is -2.26. The topological polar surface area (TPSA) is 70.7 Å². The predicted molar refractivity (Wildman–Crippen MR) is 103 cm³/mol. The molecule has 0 radical (unpaired) electrons. The van der Waals surface area contributed by atoms with Crippen LogP contribution in [0.2, 0.25) is 0 Å². The fraction of sp³-hybridized carbons (Fsp3) is 0.300. The van der Waals surface area contributed by atoms with Gasteiger partial charge < -0.3 is 20.3 Å². The highest BCUT2D eigenvalue weighted by atomic mass is 16.5. The first-order valence-electron chi connectivity index (χ1n) is 8.53. The van der Waals surface area contributed by atoms with Gasteiger partial charge in [-0.1, -0.05) is 18.2 Å². The normalized spacial score (nSPS) is 11.4. The largest absolute Gasteiger partial charge is 0.496 e. The Labute approximate surface area is 154 Å². The third kappa shape index (κ3) is 4.53. The molecule has 0 saturated carbocycles. The lowest BCUT2D eigenvalue weighted by Crippen LogP contribution is -2.33. The molecule has 6 nitrogen and oxygen atoms in total. The fourth-order valence-electron chi connectivity index (χ4n) is 2.58. The standard InChI is InChI=1S/C20H25N3O3/c1-5-21-19(24)15-10-12-16(13-11-15)22-20(25)23(3)14(2)17-8-6-7-9-18(17)26-4/h6-14H,5H2,1-4H3,(H,21,24)(H,22,25)/t14-/m1/s1. The van der Waals surface area contributed by atoms with E-state index in [1.165, 1.54) is 0 Å². The van der Waals surface area contributed by atoms with Gasteiger partial charge in [-0.15, -0.1) is 0 Å². The summed E-state index contributed by atoms with van der Waals surface area (Å²) in [4.78, 5) is 25.9. The molecule has 0 bridgehead atoms. The maximum Gasteiger partial charge on any atom is 0.322 e. The summed E-state index contributed by atoms with van der Waals surface area (Å²) in [6.45, 7) is 4.38. The molecule has 2 rings (SSSR count). The summed E-state index contributed by atoms with van der Waals surface area (Å²) >= 11 is 0. The fourth-order valence-corrected chi connectivity index (χ4v) is 2.58. The number of hydrogen-bond donors (Lipinski definition) is 2. The maximum atomic E-state index is 12.5. The van der Waals surface area contributed by atoms with Gasteiger partial charge in [-0.3, -0.25) is 4.79 Å². The molecule has 1 atom stereocenters. The number of hydrogen-bond acceptors (Lipinski definition) is 3. The minimum absolute atomic E-state index is 0.132. The molecule has 0 aliphatic carbocycles. The Morgan fingerprint density at radius 2 is 1.77 bits per heavy atom. The smallest absolute Gasteiger partial charge is 0.322 e. The summed E-state index contributed by atoms with van der Waals surface area (Å²) in [5.74, 6) is 0.609. The van der Waals surface area contributed by atoms with E-state index in [0.29, 0.717) is 17.8 Å². The van der Waals surface area contributed by atoms with Crippen molar-refractivity contribution in [1.82, 2.24) is 10.2 Å². The van der Waals surface area contributed by atoms with Crippen molar-refractivity contribution < 1.29 is 14.3 Å². The van der Waals surface area contributed by atoms with Crippen molar-refractivity contribution >= 4 is 17.6 Å². The number of urea groups is 1. The Hall–Kier alpha value is -3.02. The number of ether oxygens (including phenoxy) is 1. The third-order valence-electron chi connectivity index (χ3n) is 4.23. The third-order valence-corrected chi connectivity index (χ3v) is 4.23. The first-order chi connectivity index (χ1) is 12.5. The lowest BCUT2D eigenvalue weighted by molar-refractivity contribution is 0.0956. The van der Waals surface area contributed by atoms with Crippen LogP contribution in [0.5, 0.6) is 5.75 Å². The van der Waals surface area contributed by atoms with Crippen LogP contribution in [-0.2, 0) is 0 Å². The second-order valence-electron chi connectivity index (χ2n) is 5.90. The van der Waals surface area contributed by atoms with Crippen LogP contribution in [0, 0.1) is 0 Å². The number of nitrogens with zero attached hydrogens (tertiary/aromatic N) is 1. The van der Waals surface area contributed by atoms with Gasteiger partial charge in [-0.25, -0.2) is 4.79 Å². The monoisotopic (exact) mass is 355 g/mol. The Morgan fingerprint density at radius 3 is 2.38 bits per heavy atom. The Bertz CT molecular complexity index is 759. The van der Waals surface area contributed by atoms with E-state index in [4.69, 9.17) is 4.74 Å². The van der Waals surface area contributed by atoms with Gasteiger partial charge in [0, 0.05) is 30.4 Å². The molecule has 0 aliphatic heterocycles. The van der Waals surface area contributed by atoms with E-state index in [1.807, 2.05) is 38.1 Å². The SMILES string of the molecule is CCNC(=O)c1ccc(NC(=O)N(C)[C@H](C)c2ccccc2OC)cc1. The van der Waals surface area contributed by atoms with Gasteiger partial charge >= 0.3 is 6.03 Å². The highest BCUT2D eigenvalue weighted by Crippen LogP contribution is 2.28. The van der Waals surface area contributed by atoms with Gasteiger partial charge in [0.25, 0.3) is 5.91 Å². The van der Waals surface area contributed by atoms with Crippen LogP contribution in [0.4, 0.5) is 10.5 Å². The molecule has 0 unspecified atom stereocenters. The van der Waals surface area contributed by atoms with E-state index in [2.05, 4.69) is 10.6 Å². The number of nitrogens with one attached hydrogen (secondary N) is 2. The van der Waals surface area contributed by atoms with Crippen LogP contribution in [-0.4, -0.2) is 37.5 Å². The van der Waals surface area contributed by atoms with Crippen molar-refractivity contribution in [2.75, 3.05) is 26.0 Å². The summed E-state index contributed by atoms with van der Waals surface area (Å²) in [6, 6.07) is 14.0. The zero-order valence-corrected chi connectivity index (χ0v) is 15.6. The van der Waals surface area contributed by atoms with E-state index in [0.717, 1.165) is 11.3 Å². The number of rotatable bonds is 6. The lowest BCUT2D eigenvalue weighted by atomic mass is 10.1. The second kappa shape index (κ2) is 8.89. The number of benzene rings is 2. The molecular weight excluding hydrogens is 330 g/mol. The summed E-state index contributed by atoms with van der Waals surface area (Å²) in [7, 11) is 3.34. The highest BCUT2D eigenvalue weighted by Gasteiger charge is 2.20. The van der Waals surface area contributed by atoms with Crippen molar-refractivity contribution in [3.05, 3.63) is 59.7 Å². The number of anilines is 1. The van der Waals surface area contributed by atoms with E-state index in [9.17, 15) is 9.59 Å². The number of carbonyl (C=O) groups is 2. The average molecular weight is 355 g/mol. The first kappa shape index (κ1) is 19.3. The molecule has 0 heterocycles. The van der Waals surface area contributed by atoms with Crippen molar-refractivity contribution in [2.45, 2.75) is 19.9 Å². The Balaban J connectivity index is 2.05. The van der Waals surface area contributed by atoms with Gasteiger partial charge in [0.05, 0.1) is 13.2 Å². The van der Waals surface area contributed by atoms with Crippen molar-refractivity contribution in [3.63, 3.8) is 0 Å². The Kier molecular flexibility index (Phi) is 6.60. The van der Waals surface area contributed by atoms with Crippen LogP contribution in [0.3, 0.4) is 0 Å². The average Bonchev–Trinajstić information content (AvgIpc) is 2.67. The van der Waals surface area contributed by atoms with E-state index >= 15 is 0 Å². The summed E-state index contributed by atoms with van der Waals surface area (Å²) in [5.41, 5.74) is 2.11. The van der Waals surface area contributed by atoms with Crippen LogP contribution in [0.25, 0.3) is 0 Å². The van der Waals surface area contributed by atoms with E-state index < -0.39 is 0 Å². The minimum atomic E-state index is -0.242. The van der Waals surface area contributed by atoms with Gasteiger partial charge in [-0.2, -0.15) is 0 Å². The molecule has 0 saturated heterocycles. The molecule has 6 heteroatoms. The van der Waals surface area contributed by atoms with Crippen LogP contribution in [0.15, 0.2) is 48.5 Å². The molecule has 2 aromatic rings.